The van der Waals surface area contributed by atoms with Crippen molar-refractivity contribution in [1.29, 1.82) is 0 Å². The molecule has 2 fully saturated rings. The first-order valence-electron chi connectivity index (χ1n) is 50.3. The molecule has 0 radical (unpaired) electrons. The summed E-state index contributed by atoms with van der Waals surface area (Å²) in [4.78, 5) is 165. The molecule has 149 heavy (non-hydrogen) atoms. The fraction of sp³-hybridized carbons (Fsp3) is 0.305. The molecule has 4 heterocycles. The van der Waals surface area contributed by atoms with E-state index < -0.39 is 111 Å². The molecule has 2 aliphatic heterocycles. The molecule has 774 valence electrons. The van der Waals surface area contributed by atoms with Crippen molar-refractivity contribution in [3.63, 3.8) is 0 Å². The Labute approximate surface area is 862 Å². The minimum atomic E-state index is -1.38. The Kier molecular flexibility index (Phi) is 38.7. The number of rotatable bonds is 46. The molecule has 2 saturated heterocycles. The molecule has 4 atom stereocenters. The number of aryl methyl sites for hydroxylation is 2. The second-order valence-electron chi connectivity index (χ2n) is 37.1. The lowest BCUT2D eigenvalue weighted by Crippen LogP contribution is -2.49. The molecule has 13 aromatic rings. The minimum absolute atomic E-state index is 0.00369. The summed E-state index contributed by atoms with van der Waals surface area (Å²) < 4.78 is 62.2. The number of hydrogen-bond donors (Lipinski definition) is 6. The number of pyridine rings is 2. The van der Waals surface area contributed by atoms with Gasteiger partial charge >= 0.3 is 36.1 Å². The lowest BCUT2D eigenvalue weighted by molar-refractivity contribution is -0.148. The van der Waals surface area contributed by atoms with E-state index in [9.17, 15) is 67.7 Å². The number of piperazine rings is 2. The molecular formula is C118H124F2N10O19. The summed E-state index contributed by atoms with van der Waals surface area (Å²) in [6, 6.07) is 83.8. The van der Waals surface area contributed by atoms with Crippen molar-refractivity contribution in [2.24, 2.45) is 17.6 Å². The van der Waals surface area contributed by atoms with Crippen LogP contribution in [0, 0.1) is 23.5 Å². The van der Waals surface area contributed by atoms with Crippen LogP contribution in [-0.2, 0) is 118 Å². The van der Waals surface area contributed by atoms with Gasteiger partial charge in [0.05, 0.1) is 71.8 Å². The smallest absolute Gasteiger partial charge is 0.410 e. The van der Waals surface area contributed by atoms with E-state index in [1.54, 1.807) is 101 Å². The van der Waals surface area contributed by atoms with Crippen LogP contribution in [-0.4, -0.2) is 173 Å². The number of benzene rings is 11. The van der Waals surface area contributed by atoms with Crippen LogP contribution in [0.3, 0.4) is 0 Å². The zero-order chi connectivity index (χ0) is 105. The Hall–Kier alpha value is -16.3. The van der Waals surface area contributed by atoms with E-state index in [1.165, 1.54) is 22.2 Å². The number of esters is 2. The lowest BCUT2D eigenvalue weighted by atomic mass is 9.77. The molecule has 0 aliphatic carbocycles. The average Bonchev–Trinajstić information content (AvgIpc) is 0.817. The van der Waals surface area contributed by atoms with Gasteiger partial charge < -0.3 is 79.0 Å². The standard InChI is InChI=1S/C69H70FN5O10.C49H54FN5O9/c1-3-73-45-58(67(80)81)65(78)57-43-59(70)62(44-61(57)73)74-36-38-75(39-37-74)68(82)85-47-51-29-27-49(28-30-51)41-63(76)60(72-66(79)52(40-48-18-8-4-9-19-48)42-64(77)84-46-50-20-10-5-11-21-50)26-16-17-35-71-69(53-22-12-6-13-23-53,54-24-14-7-15-25-54)55-31-33-56(83-2)34-32-55;1-2-53-30-39(48(60)61)46(58)38-28-40(50)43(29-42(38)53)54-21-23-55(24-22-54)49(62)64-32-36-18-16-34(17-19-36)26-44(56)41(15-9-10-20-51)52-47(59)37(25-33-11-5-3-6-12-33)27-45(57)63-31-35-13-7-4-8-14-35/h4-15,18-25,27-34,43-45,52,60,71H,3,16-17,26,35-42,46-47H2,1-2H3,(H,72,79)(H,80,81);3-8,11-14,16-19,28-30,37,41H,2,9-10,15,20-27,31-32,51H2,1H3,(H,52,59)(H,60,61)/t52-,60+;37-,41+/m11/s1. The molecule has 4 amide bonds. The highest BCUT2D eigenvalue weighted by atomic mass is 19.1. The largest absolute Gasteiger partial charge is 0.497 e. The van der Waals surface area contributed by atoms with Gasteiger partial charge in [0.2, 0.25) is 22.7 Å². The maximum Gasteiger partial charge on any atom is 0.410 e. The Balaban J connectivity index is 0.000000245. The Morgan fingerprint density at radius 1 is 0.403 bits per heavy atom. The fourth-order valence-electron chi connectivity index (χ4n) is 18.8. The molecule has 0 spiro atoms. The number of carbonyl (C=O) groups excluding carboxylic acids is 8. The number of carbonyl (C=O) groups is 10. The van der Waals surface area contributed by atoms with Crippen LogP contribution in [0.25, 0.3) is 21.8 Å². The predicted molar refractivity (Wildman–Crippen MR) is 563 cm³/mol. The second-order valence-corrected chi connectivity index (χ2v) is 37.1. The van der Waals surface area contributed by atoms with Crippen molar-refractivity contribution in [3.8, 4) is 5.75 Å². The van der Waals surface area contributed by atoms with Crippen LogP contribution < -0.4 is 47.1 Å². The number of carboxylic acid groups (broad SMARTS) is 2. The summed E-state index contributed by atoms with van der Waals surface area (Å²) in [6.07, 6.45) is 4.88. The summed E-state index contributed by atoms with van der Waals surface area (Å²) >= 11 is 0. The third-order valence-electron chi connectivity index (χ3n) is 27.0. The van der Waals surface area contributed by atoms with E-state index in [1.807, 2.05) is 170 Å². The topological polar surface area (TPSA) is 376 Å². The number of nitrogens with one attached hydrogen (secondary N) is 3. The SMILES string of the molecule is CCn1cc(C(=O)O)c(=O)c2cc(F)c(N3CCN(C(=O)OCc4ccc(CC(=O)[C@H](CCCCN)NC(=O)[C@@H](CC(=O)OCc5ccccc5)Cc5ccccc5)cc4)CC3)cc21.CCn1cc(C(=O)O)c(=O)c2cc(F)c(N3CCN(C(=O)OCc4ccc(CC(=O)[C@H](CCCCNC(c5ccccc5)(c5ccccc5)c5ccc(OC)cc5)NC(=O)[C@@H](CC(=O)OCc5ccccc5)Cc5ccccc5)cc4)CC3)cc21. The average molecular weight is 2020 g/mol. The van der Waals surface area contributed by atoms with Crippen molar-refractivity contribution in [2.45, 2.75) is 148 Å². The Morgan fingerprint density at radius 2 is 0.738 bits per heavy atom. The maximum atomic E-state index is 15.6. The number of ketones is 2. The molecule has 15 rings (SSSR count). The first-order chi connectivity index (χ1) is 72.3. The zero-order valence-corrected chi connectivity index (χ0v) is 83.7. The van der Waals surface area contributed by atoms with Gasteiger partial charge in [0.1, 0.15) is 54.9 Å². The quantitative estimate of drug-likeness (QED) is 0.00893. The van der Waals surface area contributed by atoms with Crippen LogP contribution in [0.1, 0.15) is 147 Å². The van der Waals surface area contributed by atoms with Gasteiger partial charge in [-0.15, -0.1) is 0 Å². The van der Waals surface area contributed by atoms with E-state index in [-0.39, 0.29) is 138 Å². The van der Waals surface area contributed by atoms with Crippen LogP contribution in [0.15, 0.2) is 301 Å². The number of aromatic carboxylic acids is 2. The molecule has 0 bridgehead atoms. The highest BCUT2D eigenvalue weighted by molar-refractivity contribution is 5.96. The third kappa shape index (κ3) is 29.2. The first kappa shape index (κ1) is 108. The minimum Gasteiger partial charge on any atom is -0.497 e. The van der Waals surface area contributed by atoms with Gasteiger partial charge in [-0.3, -0.25) is 43.7 Å². The van der Waals surface area contributed by atoms with Gasteiger partial charge in [-0.1, -0.05) is 243 Å². The molecule has 2 aliphatic rings. The molecule has 0 saturated carbocycles. The first-order valence-corrected chi connectivity index (χ1v) is 50.3. The monoisotopic (exact) mass is 2020 g/mol. The number of anilines is 2. The van der Waals surface area contributed by atoms with Gasteiger partial charge in [0.25, 0.3) is 0 Å². The number of halogens is 2. The highest BCUT2D eigenvalue weighted by Gasteiger charge is 2.38. The number of ether oxygens (including phenoxy) is 5. The second kappa shape index (κ2) is 53.2. The van der Waals surface area contributed by atoms with Crippen LogP contribution in [0.4, 0.5) is 29.7 Å². The van der Waals surface area contributed by atoms with Crippen molar-refractivity contribution < 1.29 is 90.6 Å². The molecule has 7 N–H and O–H groups in total. The highest BCUT2D eigenvalue weighted by Crippen LogP contribution is 2.39. The molecule has 2 aromatic heterocycles. The molecule has 11 aromatic carbocycles. The zero-order valence-electron chi connectivity index (χ0n) is 83.7. The summed E-state index contributed by atoms with van der Waals surface area (Å²) in [6.45, 7) is 7.54. The van der Waals surface area contributed by atoms with Gasteiger partial charge in [-0.05, 0) is 176 Å². The summed E-state index contributed by atoms with van der Waals surface area (Å²) in [5.74, 6) is -7.23. The van der Waals surface area contributed by atoms with Crippen molar-refractivity contribution in [3.05, 3.63) is 396 Å². The van der Waals surface area contributed by atoms with Crippen molar-refractivity contribution >= 4 is 92.6 Å². The number of nitrogens with two attached hydrogens (primary N) is 1. The van der Waals surface area contributed by atoms with Crippen LogP contribution in [0.2, 0.25) is 0 Å². The van der Waals surface area contributed by atoms with Crippen LogP contribution in [0.5, 0.6) is 5.75 Å². The number of aromatic nitrogens is 2. The van der Waals surface area contributed by atoms with Crippen molar-refractivity contribution in [1.82, 2.24) is 34.9 Å². The van der Waals surface area contributed by atoms with Gasteiger partial charge in [0.15, 0.2) is 11.6 Å². The number of amides is 4. The van der Waals surface area contributed by atoms with Gasteiger partial charge in [0, 0.05) is 101 Å². The number of methoxy groups -OCH3 is 1. The summed E-state index contributed by atoms with van der Waals surface area (Å²) in [7, 11) is 1.64. The molecule has 29 nitrogen and oxygen atoms in total. The maximum absolute atomic E-state index is 15.6. The van der Waals surface area contributed by atoms with E-state index in [2.05, 4.69) is 52.3 Å². The Morgan fingerprint density at radius 3 is 1.09 bits per heavy atom. The molecule has 0 unspecified atom stereocenters. The van der Waals surface area contributed by atoms with Crippen molar-refractivity contribution in [2.75, 3.05) is 82.4 Å². The van der Waals surface area contributed by atoms with E-state index >= 15 is 8.78 Å². The Bertz CT molecular complexity index is 6860. The number of carboxylic acids is 2. The third-order valence-corrected chi connectivity index (χ3v) is 27.0. The van der Waals surface area contributed by atoms with Gasteiger partial charge in [-0.25, -0.2) is 28.0 Å². The number of fused-ring (bicyclic) bond motifs is 2. The van der Waals surface area contributed by atoms with E-state index in [4.69, 9.17) is 29.4 Å². The van der Waals surface area contributed by atoms with E-state index in [0.29, 0.717) is 111 Å². The molecular weight excluding hydrogens is 1900 g/mol. The molecule has 31 heteroatoms. The predicted octanol–water partition coefficient (Wildman–Crippen LogP) is 16.7. The lowest BCUT2D eigenvalue weighted by Gasteiger charge is -2.37. The normalized spacial score (nSPS) is 13.3. The number of unbranched alkanes of at least 4 members (excludes halogenated alkanes) is 2. The number of Topliss-reactive ketones (excluding diaryl/α,β-unsaturated/α-hetero) is 2. The van der Waals surface area contributed by atoms with Gasteiger partial charge in [-0.2, -0.15) is 0 Å². The fourth-order valence-corrected chi connectivity index (χ4v) is 18.8. The summed E-state index contributed by atoms with van der Waals surface area (Å²) in [5.41, 5.74) is 13.2. The van der Waals surface area contributed by atoms with Crippen LogP contribution >= 0.6 is 0 Å². The number of hydrogen-bond acceptors (Lipinski definition) is 21. The summed E-state index contributed by atoms with van der Waals surface area (Å²) in [5, 5.41) is 28.9. The van der Waals surface area contributed by atoms with E-state index in [0.717, 1.165) is 56.8 Å². The number of nitrogens with zero attached hydrogens (tertiary/aromatic N) is 6.